The number of rotatable bonds is 6. The number of hydrogen-bond acceptors (Lipinski definition) is 4. The summed E-state index contributed by atoms with van der Waals surface area (Å²) in [6.45, 7) is 1.42. The molecular weight excluding hydrogens is 265 g/mol. The molecule has 0 saturated carbocycles. The fraction of sp³-hybridized carbons (Fsp3) is 0.400. The van der Waals surface area contributed by atoms with E-state index in [9.17, 15) is 10.1 Å². The molecule has 0 spiro atoms. The molecule has 0 radical (unpaired) electrons. The van der Waals surface area contributed by atoms with E-state index in [0.29, 0.717) is 17.3 Å². The predicted octanol–water partition coefficient (Wildman–Crippen LogP) is 2.82. The smallest absolute Gasteiger partial charge is 0.271 e. The number of halogens is 2. The van der Waals surface area contributed by atoms with E-state index in [-0.39, 0.29) is 18.1 Å². The van der Waals surface area contributed by atoms with Crippen LogP contribution < -0.4 is 11.1 Å². The SMILES string of the molecule is Cl.NCCCCNc1ccc([N+](=O)[O-])cc1Cl. The summed E-state index contributed by atoms with van der Waals surface area (Å²) in [7, 11) is 0. The van der Waals surface area contributed by atoms with E-state index in [1.807, 2.05) is 0 Å². The Kier molecular flexibility index (Phi) is 7.61. The summed E-state index contributed by atoms with van der Waals surface area (Å²) in [6.07, 6.45) is 1.89. The molecule has 0 aliphatic heterocycles. The van der Waals surface area contributed by atoms with Gasteiger partial charge in [-0.25, -0.2) is 0 Å². The Morgan fingerprint density at radius 1 is 1.41 bits per heavy atom. The van der Waals surface area contributed by atoms with E-state index in [0.717, 1.165) is 19.4 Å². The number of nitrogens with one attached hydrogen (secondary N) is 1. The Balaban J connectivity index is 0.00000256. The quantitative estimate of drug-likeness (QED) is 0.477. The first-order chi connectivity index (χ1) is 7.65. The normalized spacial score (nSPS) is 9.53. The zero-order valence-electron chi connectivity index (χ0n) is 9.19. The van der Waals surface area contributed by atoms with E-state index < -0.39 is 4.92 Å². The number of nitrogens with two attached hydrogens (primary N) is 1. The number of anilines is 1. The van der Waals surface area contributed by atoms with Crippen LogP contribution in [0.25, 0.3) is 0 Å². The molecule has 17 heavy (non-hydrogen) atoms. The van der Waals surface area contributed by atoms with E-state index in [4.69, 9.17) is 17.3 Å². The van der Waals surface area contributed by atoms with Crippen molar-refractivity contribution in [2.24, 2.45) is 5.73 Å². The van der Waals surface area contributed by atoms with Gasteiger partial charge in [0, 0.05) is 18.7 Å². The van der Waals surface area contributed by atoms with E-state index in [1.165, 1.54) is 12.1 Å². The average Bonchev–Trinajstić information content (AvgIpc) is 2.26. The van der Waals surface area contributed by atoms with Crippen LogP contribution in [0.1, 0.15) is 12.8 Å². The number of nitrogens with zero attached hydrogens (tertiary/aromatic N) is 1. The van der Waals surface area contributed by atoms with Crippen LogP contribution in [0.5, 0.6) is 0 Å². The summed E-state index contributed by atoms with van der Waals surface area (Å²) < 4.78 is 0. The minimum absolute atomic E-state index is 0. The highest BCUT2D eigenvalue weighted by molar-refractivity contribution is 6.33. The van der Waals surface area contributed by atoms with Gasteiger partial charge in [0.2, 0.25) is 0 Å². The van der Waals surface area contributed by atoms with Gasteiger partial charge in [0.25, 0.3) is 5.69 Å². The molecule has 0 bridgehead atoms. The third-order valence-electron chi connectivity index (χ3n) is 2.11. The van der Waals surface area contributed by atoms with Crippen molar-refractivity contribution in [3.63, 3.8) is 0 Å². The van der Waals surface area contributed by atoms with Crippen LogP contribution in [0.15, 0.2) is 18.2 Å². The van der Waals surface area contributed by atoms with E-state index in [1.54, 1.807) is 6.07 Å². The zero-order valence-corrected chi connectivity index (χ0v) is 10.8. The van der Waals surface area contributed by atoms with Crippen LogP contribution in [0.4, 0.5) is 11.4 Å². The van der Waals surface area contributed by atoms with Gasteiger partial charge in [-0.3, -0.25) is 10.1 Å². The summed E-state index contributed by atoms with van der Waals surface area (Å²) in [4.78, 5) is 10.0. The van der Waals surface area contributed by atoms with Gasteiger partial charge in [-0.1, -0.05) is 11.6 Å². The maximum atomic E-state index is 10.5. The van der Waals surface area contributed by atoms with Crippen molar-refractivity contribution in [3.8, 4) is 0 Å². The average molecular weight is 280 g/mol. The maximum absolute atomic E-state index is 10.5. The Bertz CT molecular complexity index is 375. The Labute approximate surface area is 111 Å². The molecular formula is C10H15Cl2N3O2. The molecule has 0 atom stereocenters. The van der Waals surface area contributed by atoms with Gasteiger partial charge >= 0.3 is 0 Å². The highest BCUT2D eigenvalue weighted by Crippen LogP contribution is 2.26. The van der Waals surface area contributed by atoms with Crippen molar-refractivity contribution in [2.45, 2.75) is 12.8 Å². The highest BCUT2D eigenvalue weighted by Gasteiger charge is 2.08. The van der Waals surface area contributed by atoms with Crippen LogP contribution in [0.2, 0.25) is 5.02 Å². The highest BCUT2D eigenvalue weighted by atomic mass is 35.5. The third kappa shape index (κ3) is 5.21. The predicted molar refractivity (Wildman–Crippen MR) is 72.1 cm³/mol. The lowest BCUT2D eigenvalue weighted by atomic mass is 10.2. The number of non-ortho nitro benzene ring substituents is 1. The van der Waals surface area contributed by atoms with Crippen molar-refractivity contribution in [2.75, 3.05) is 18.4 Å². The number of nitro groups is 1. The van der Waals surface area contributed by atoms with Crippen LogP contribution >= 0.6 is 24.0 Å². The maximum Gasteiger partial charge on any atom is 0.271 e. The molecule has 0 aromatic heterocycles. The zero-order chi connectivity index (χ0) is 12.0. The first-order valence-electron chi connectivity index (χ1n) is 5.03. The second kappa shape index (κ2) is 8.11. The molecule has 0 fully saturated rings. The number of hydrogen-bond donors (Lipinski definition) is 2. The van der Waals surface area contributed by atoms with E-state index in [2.05, 4.69) is 5.32 Å². The van der Waals surface area contributed by atoms with Gasteiger partial charge in [-0.05, 0) is 25.5 Å². The second-order valence-electron chi connectivity index (χ2n) is 3.34. The molecule has 0 amide bonds. The molecule has 7 heteroatoms. The van der Waals surface area contributed by atoms with Gasteiger partial charge in [0.1, 0.15) is 0 Å². The summed E-state index contributed by atoms with van der Waals surface area (Å²) in [5, 5.41) is 13.9. The molecule has 0 heterocycles. The third-order valence-corrected chi connectivity index (χ3v) is 2.42. The molecule has 0 aliphatic rings. The molecule has 0 saturated heterocycles. The molecule has 3 N–H and O–H groups in total. The second-order valence-corrected chi connectivity index (χ2v) is 3.75. The molecule has 5 nitrogen and oxygen atoms in total. The summed E-state index contributed by atoms with van der Waals surface area (Å²) >= 11 is 5.89. The van der Waals surface area contributed by atoms with Gasteiger partial charge < -0.3 is 11.1 Å². The van der Waals surface area contributed by atoms with Gasteiger partial charge in [0.15, 0.2) is 0 Å². The minimum atomic E-state index is -0.468. The van der Waals surface area contributed by atoms with Crippen molar-refractivity contribution >= 4 is 35.4 Å². The molecule has 96 valence electrons. The first-order valence-corrected chi connectivity index (χ1v) is 5.41. The fourth-order valence-corrected chi connectivity index (χ4v) is 1.49. The summed E-state index contributed by atoms with van der Waals surface area (Å²) in [5.74, 6) is 0. The molecule has 1 aromatic rings. The van der Waals surface area contributed by atoms with Crippen molar-refractivity contribution in [1.82, 2.24) is 0 Å². The fourth-order valence-electron chi connectivity index (χ4n) is 1.25. The van der Waals surface area contributed by atoms with Crippen molar-refractivity contribution in [1.29, 1.82) is 0 Å². The lowest BCUT2D eigenvalue weighted by molar-refractivity contribution is -0.384. The van der Waals surface area contributed by atoms with E-state index >= 15 is 0 Å². The van der Waals surface area contributed by atoms with Crippen LogP contribution in [0, 0.1) is 10.1 Å². The number of nitro benzene ring substituents is 1. The summed E-state index contributed by atoms with van der Waals surface area (Å²) in [6, 6.07) is 4.38. The lowest BCUT2D eigenvalue weighted by Gasteiger charge is -2.07. The summed E-state index contributed by atoms with van der Waals surface area (Å²) in [5.41, 5.74) is 6.07. The van der Waals surface area contributed by atoms with Gasteiger partial charge in [-0.2, -0.15) is 0 Å². The van der Waals surface area contributed by atoms with Crippen LogP contribution in [-0.4, -0.2) is 18.0 Å². The Hall–Kier alpha value is -1.04. The number of benzene rings is 1. The Morgan fingerprint density at radius 2 is 2.12 bits per heavy atom. The van der Waals surface area contributed by atoms with Gasteiger partial charge in [-0.15, -0.1) is 12.4 Å². The van der Waals surface area contributed by atoms with Crippen LogP contribution in [0.3, 0.4) is 0 Å². The Morgan fingerprint density at radius 3 is 2.65 bits per heavy atom. The molecule has 0 aliphatic carbocycles. The van der Waals surface area contributed by atoms with Crippen molar-refractivity contribution in [3.05, 3.63) is 33.3 Å². The van der Waals surface area contributed by atoms with Crippen LogP contribution in [-0.2, 0) is 0 Å². The topological polar surface area (TPSA) is 81.2 Å². The molecule has 1 rings (SSSR count). The lowest BCUT2D eigenvalue weighted by Crippen LogP contribution is -2.06. The molecule has 1 aromatic carbocycles. The number of unbranched alkanes of at least 4 members (excludes halogenated alkanes) is 1. The minimum Gasteiger partial charge on any atom is -0.384 e. The largest absolute Gasteiger partial charge is 0.384 e. The molecule has 0 unspecified atom stereocenters. The monoisotopic (exact) mass is 279 g/mol. The first kappa shape index (κ1) is 16.0. The standard InChI is InChI=1S/C10H14ClN3O2.ClH/c11-9-7-8(14(15)16)3-4-10(9)13-6-2-1-5-12;/h3-4,7,13H,1-2,5-6,12H2;1H. The van der Waals surface area contributed by atoms with Gasteiger partial charge in [0.05, 0.1) is 15.6 Å². The van der Waals surface area contributed by atoms with Crippen molar-refractivity contribution < 1.29 is 4.92 Å².